The molecular weight excluding hydrogens is 225 g/mol. The lowest BCUT2D eigenvalue weighted by atomic mass is 10.1. The zero-order valence-electron chi connectivity index (χ0n) is 9.03. The number of aromatic nitrogens is 1. The van der Waals surface area contributed by atoms with E-state index in [0.717, 1.165) is 0 Å². The molecule has 2 rings (SSSR count). The van der Waals surface area contributed by atoms with Gasteiger partial charge in [0.2, 0.25) is 0 Å². The Morgan fingerprint density at radius 2 is 2.18 bits per heavy atom. The summed E-state index contributed by atoms with van der Waals surface area (Å²) in [4.78, 5) is 11.5. The van der Waals surface area contributed by atoms with E-state index in [4.69, 9.17) is 10.4 Å². The number of nitrogens with one attached hydrogen (secondary N) is 1. The number of hydrogen-bond acceptors (Lipinski definition) is 4. The lowest BCUT2D eigenvalue weighted by Crippen LogP contribution is -2.30. The number of rotatable bonds is 2. The standard InChI is InChI=1S/C11H10FN3O2/c1-6-9(11(16)14-13)10(15-17-6)7-4-2-3-5-8(7)12/h2-5H,13H2,1H3,(H,14,16). The summed E-state index contributed by atoms with van der Waals surface area (Å²) in [7, 11) is 0. The first kappa shape index (κ1) is 11.3. The molecular formula is C11H10FN3O2. The lowest BCUT2D eigenvalue weighted by Gasteiger charge is -2.02. The van der Waals surface area contributed by atoms with Crippen molar-refractivity contribution in [3.63, 3.8) is 0 Å². The topological polar surface area (TPSA) is 81.2 Å². The zero-order chi connectivity index (χ0) is 12.4. The number of carbonyl (C=O) groups excluding carboxylic acids is 1. The van der Waals surface area contributed by atoms with Crippen molar-refractivity contribution >= 4 is 5.91 Å². The molecule has 0 aliphatic rings. The van der Waals surface area contributed by atoms with Crippen LogP contribution in [0.15, 0.2) is 28.8 Å². The highest BCUT2D eigenvalue weighted by atomic mass is 19.1. The number of nitrogen functional groups attached to an aromatic ring is 1. The predicted octanol–water partition coefficient (Wildman–Crippen LogP) is 1.39. The van der Waals surface area contributed by atoms with Crippen LogP contribution in [0.3, 0.4) is 0 Å². The Hall–Kier alpha value is -2.21. The van der Waals surface area contributed by atoms with Gasteiger partial charge in [0.25, 0.3) is 5.91 Å². The molecule has 1 aromatic heterocycles. The molecule has 1 aromatic carbocycles. The number of aryl methyl sites for hydroxylation is 1. The SMILES string of the molecule is Cc1onc(-c2ccccc2F)c1C(=O)NN. The molecule has 0 saturated carbocycles. The summed E-state index contributed by atoms with van der Waals surface area (Å²) in [5.74, 6) is 4.29. The monoisotopic (exact) mass is 235 g/mol. The van der Waals surface area contributed by atoms with E-state index in [9.17, 15) is 9.18 Å². The normalized spacial score (nSPS) is 10.3. The second kappa shape index (κ2) is 4.34. The van der Waals surface area contributed by atoms with Gasteiger partial charge < -0.3 is 4.52 Å². The highest BCUT2D eigenvalue weighted by molar-refractivity contribution is 6.00. The minimum Gasteiger partial charge on any atom is -0.360 e. The van der Waals surface area contributed by atoms with Crippen molar-refractivity contribution in [3.05, 3.63) is 41.4 Å². The van der Waals surface area contributed by atoms with Crippen LogP contribution in [0.1, 0.15) is 16.1 Å². The van der Waals surface area contributed by atoms with E-state index in [0.29, 0.717) is 0 Å². The second-order valence-corrected chi connectivity index (χ2v) is 3.42. The molecule has 17 heavy (non-hydrogen) atoms. The third-order valence-electron chi connectivity index (χ3n) is 2.35. The molecule has 5 nitrogen and oxygen atoms in total. The van der Waals surface area contributed by atoms with Gasteiger partial charge in [0, 0.05) is 5.56 Å². The highest BCUT2D eigenvalue weighted by Gasteiger charge is 2.22. The van der Waals surface area contributed by atoms with E-state index in [1.165, 1.54) is 12.1 Å². The summed E-state index contributed by atoms with van der Waals surface area (Å²) in [5, 5.41) is 3.68. The highest BCUT2D eigenvalue weighted by Crippen LogP contribution is 2.27. The van der Waals surface area contributed by atoms with Gasteiger partial charge in [-0.25, -0.2) is 10.2 Å². The van der Waals surface area contributed by atoms with Gasteiger partial charge in [0.15, 0.2) is 0 Å². The van der Waals surface area contributed by atoms with E-state index in [2.05, 4.69) is 5.16 Å². The molecule has 0 saturated heterocycles. The Balaban J connectivity index is 2.61. The molecule has 0 aliphatic heterocycles. The number of amides is 1. The first-order valence-electron chi connectivity index (χ1n) is 4.87. The van der Waals surface area contributed by atoms with Crippen molar-refractivity contribution < 1.29 is 13.7 Å². The Kier molecular flexibility index (Phi) is 2.88. The average molecular weight is 235 g/mol. The van der Waals surface area contributed by atoms with Gasteiger partial charge in [-0.05, 0) is 19.1 Å². The molecule has 0 fully saturated rings. The summed E-state index contributed by atoms with van der Waals surface area (Å²) in [6.07, 6.45) is 0. The molecule has 0 spiro atoms. The van der Waals surface area contributed by atoms with Crippen LogP contribution in [0.25, 0.3) is 11.3 Å². The molecule has 0 aliphatic carbocycles. The fourth-order valence-electron chi connectivity index (χ4n) is 1.55. The van der Waals surface area contributed by atoms with Gasteiger partial charge in [-0.2, -0.15) is 0 Å². The second-order valence-electron chi connectivity index (χ2n) is 3.42. The zero-order valence-corrected chi connectivity index (χ0v) is 9.03. The largest absolute Gasteiger partial charge is 0.360 e. The number of hydrogen-bond donors (Lipinski definition) is 2. The lowest BCUT2D eigenvalue weighted by molar-refractivity contribution is 0.0952. The van der Waals surface area contributed by atoms with Crippen molar-refractivity contribution in [3.8, 4) is 11.3 Å². The maximum absolute atomic E-state index is 13.6. The van der Waals surface area contributed by atoms with Gasteiger partial charge in [0.1, 0.15) is 22.8 Å². The third kappa shape index (κ3) is 1.90. The summed E-state index contributed by atoms with van der Waals surface area (Å²) in [5.41, 5.74) is 2.45. The first-order chi connectivity index (χ1) is 8.15. The molecule has 0 unspecified atom stereocenters. The smallest absolute Gasteiger partial charge is 0.271 e. The number of carbonyl (C=O) groups is 1. The quantitative estimate of drug-likeness (QED) is 0.468. The number of nitrogens with two attached hydrogens (primary N) is 1. The van der Waals surface area contributed by atoms with Crippen LogP contribution in [-0.4, -0.2) is 11.1 Å². The van der Waals surface area contributed by atoms with Crippen LogP contribution in [0.5, 0.6) is 0 Å². The average Bonchev–Trinajstić information content (AvgIpc) is 2.71. The molecule has 1 amide bonds. The predicted molar refractivity (Wildman–Crippen MR) is 58.3 cm³/mol. The minimum absolute atomic E-state index is 0.137. The van der Waals surface area contributed by atoms with Crippen LogP contribution in [0.2, 0.25) is 0 Å². The summed E-state index contributed by atoms with van der Waals surface area (Å²) < 4.78 is 18.5. The summed E-state index contributed by atoms with van der Waals surface area (Å²) >= 11 is 0. The maximum Gasteiger partial charge on any atom is 0.271 e. The number of nitrogens with zero attached hydrogens (tertiary/aromatic N) is 1. The van der Waals surface area contributed by atoms with Gasteiger partial charge in [-0.3, -0.25) is 10.2 Å². The van der Waals surface area contributed by atoms with E-state index < -0.39 is 11.7 Å². The van der Waals surface area contributed by atoms with E-state index >= 15 is 0 Å². The van der Waals surface area contributed by atoms with Crippen molar-refractivity contribution in [1.29, 1.82) is 0 Å². The minimum atomic E-state index is -0.568. The van der Waals surface area contributed by atoms with E-state index in [1.807, 2.05) is 5.43 Å². The third-order valence-corrected chi connectivity index (χ3v) is 2.35. The van der Waals surface area contributed by atoms with Gasteiger partial charge >= 0.3 is 0 Å². The van der Waals surface area contributed by atoms with Crippen LogP contribution < -0.4 is 11.3 Å². The molecule has 0 bridgehead atoms. The number of halogens is 1. The van der Waals surface area contributed by atoms with Crippen molar-refractivity contribution in [2.75, 3.05) is 0 Å². The molecule has 88 valence electrons. The molecule has 3 N–H and O–H groups in total. The molecule has 1 heterocycles. The van der Waals surface area contributed by atoms with E-state index in [1.54, 1.807) is 19.1 Å². The Bertz CT molecular complexity index is 566. The Morgan fingerprint density at radius 3 is 2.82 bits per heavy atom. The van der Waals surface area contributed by atoms with Crippen LogP contribution in [-0.2, 0) is 0 Å². The van der Waals surface area contributed by atoms with Crippen LogP contribution in [0.4, 0.5) is 4.39 Å². The fraction of sp³-hybridized carbons (Fsp3) is 0.0909. The first-order valence-corrected chi connectivity index (χ1v) is 4.87. The molecule has 6 heteroatoms. The number of benzene rings is 1. The van der Waals surface area contributed by atoms with Crippen molar-refractivity contribution in [1.82, 2.24) is 10.6 Å². The maximum atomic E-state index is 13.6. The van der Waals surface area contributed by atoms with Gasteiger partial charge in [-0.1, -0.05) is 17.3 Å². The summed E-state index contributed by atoms with van der Waals surface area (Å²) in [6, 6.07) is 5.99. The van der Waals surface area contributed by atoms with E-state index in [-0.39, 0.29) is 22.6 Å². The molecule has 0 radical (unpaired) electrons. The number of hydrazine groups is 1. The van der Waals surface area contributed by atoms with Gasteiger partial charge in [-0.15, -0.1) is 0 Å². The van der Waals surface area contributed by atoms with Crippen molar-refractivity contribution in [2.24, 2.45) is 5.84 Å². The van der Waals surface area contributed by atoms with Crippen LogP contribution in [0, 0.1) is 12.7 Å². The summed E-state index contributed by atoms with van der Waals surface area (Å²) in [6.45, 7) is 1.56. The Morgan fingerprint density at radius 1 is 1.47 bits per heavy atom. The molecule has 2 aromatic rings. The van der Waals surface area contributed by atoms with Gasteiger partial charge in [0.05, 0.1) is 0 Å². The Labute approximate surface area is 96.4 Å². The van der Waals surface area contributed by atoms with Crippen LogP contribution >= 0.6 is 0 Å². The fourth-order valence-corrected chi connectivity index (χ4v) is 1.55. The van der Waals surface area contributed by atoms with Crippen molar-refractivity contribution in [2.45, 2.75) is 6.92 Å². The molecule has 0 atom stereocenters.